The minimum atomic E-state index is -2.33. The van der Waals surface area contributed by atoms with Gasteiger partial charge >= 0.3 is 11.7 Å². The molecule has 1 aromatic carbocycles. The molecule has 12 heteroatoms. The van der Waals surface area contributed by atoms with E-state index in [4.69, 9.17) is 5.11 Å². The second-order valence-corrected chi connectivity index (χ2v) is 7.02. The monoisotopic (exact) mass is 420 g/mol. The number of H-pyrrole nitrogens is 1. The zero-order valence-electron chi connectivity index (χ0n) is 16.0. The lowest BCUT2D eigenvalue weighted by molar-refractivity contribution is -0.163. The number of aliphatic carboxylic acids is 1. The summed E-state index contributed by atoms with van der Waals surface area (Å²) in [6.45, 7) is 3.15. The van der Waals surface area contributed by atoms with Gasteiger partial charge in [0.05, 0.1) is 17.6 Å². The number of hydrogen-bond acceptors (Lipinski definition) is 9. The van der Waals surface area contributed by atoms with Gasteiger partial charge in [0.25, 0.3) is 5.56 Å². The van der Waals surface area contributed by atoms with E-state index in [1.165, 1.54) is 4.57 Å². The van der Waals surface area contributed by atoms with Crippen molar-refractivity contribution in [3.05, 3.63) is 44.1 Å². The topological polar surface area (TPSA) is 199 Å². The first-order chi connectivity index (χ1) is 14.0. The van der Waals surface area contributed by atoms with Gasteiger partial charge in [0.2, 0.25) is 0 Å². The van der Waals surface area contributed by atoms with Gasteiger partial charge in [-0.05, 0) is 37.1 Å². The first-order valence-electron chi connectivity index (χ1n) is 8.88. The first kappa shape index (κ1) is 21.5. The number of aliphatic hydroxyl groups excluding tert-OH is 4. The molecule has 0 saturated heterocycles. The van der Waals surface area contributed by atoms with Gasteiger partial charge in [0, 0.05) is 0 Å². The molecular weight excluding hydrogens is 400 g/mol. The molecule has 2 aliphatic heterocycles. The van der Waals surface area contributed by atoms with Crippen molar-refractivity contribution < 1.29 is 30.3 Å². The third-order valence-electron chi connectivity index (χ3n) is 4.91. The number of benzene rings is 1. The molecule has 0 spiro atoms. The van der Waals surface area contributed by atoms with Crippen LogP contribution in [-0.4, -0.2) is 75.4 Å². The Kier molecular flexibility index (Phi) is 5.67. The molecule has 0 bridgehead atoms. The average molecular weight is 420 g/mol. The zero-order valence-corrected chi connectivity index (χ0v) is 16.0. The highest BCUT2D eigenvalue weighted by Gasteiger charge is 2.35. The lowest BCUT2D eigenvalue weighted by Crippen LogP contribution is -2.48. The summed E-state index contributed by atoms with van der Waals surface area (Å²) in [5.74, 6) is -1.95. The van der Waals surface area contributed by atoms with Crippen LogP contribution in [-0.2, 0) is 11.3 Å². The fraction of sp³-hybridized carbons (Fsp3) is 0.389. The second kappa shape index (κ2) is 7.91. The van der Waals surface area contributed by atoms with E-state index in [-0.39, 0.29) is 11.5 Å². The zero-order chi connectivity index (χ0) is 22.3. The van der Waals surface area contributed by atoms with Crippen molar-refractivity contribution in [2.45, 2.75) is 44.8 Å². The van der Waals surface area contributed by atoms with Crippen molar-refractivity contribution in [3.8, 4) is 11.5 Å². The maximum atomic E-state index is 12.2. The summed E-state index contributed by atoms with van der Waals surface area (Å²) in [5.41, 5.74) is 0.510. The van der Waals surface area contributed by atoms with Crippen molar-refractivity contribution in [2.24, 2.45) is 0 Å². The Hall–Kier alpha value is -3.19. The standard InChI is InChI=1S/C18H20N4O8/c1-6-3-8-9(4-7(6)2)22(15-11(19-8)16(27)21-18(30)20-15)5-10(23)12(24)13(25)14(26)17(28)29/h3-4,10,12-14,23-26H,5H2,1-2H3,(H,28,29)(H,21,27,30)/t10-,12-,13-,14-/m0/s1. The molecule has 6 N–H and O–H groups in total. The van der Waals surface area contributed by atoms with Crippen LogP contribution in [0.1, 0.15) is 11.1 Å². The van der Waals surface area contributed by atoms with Crippen molar-refractivity contribution in [3.63, 3.8) is 0 Å². The number of fused-ring (bicyclic) bond motifs is 2. The minimum absolute atomic E-state index is 0.168. The molecule has 2 heterocycles. The van der Waals surface area contributed by atoms with Crippen LogP contribution in [0.15, 0.2) is 21.7 Å². The van der Waals surface area contributed by atoms with E-state index >= 15 is 0 Å². The molecule has 0 aromatic heterocycles. The highest BCUT2D eigenvalue weighted by molar-refractivity contribution is 5.81. The van der Waals surface area contributed by atoms with Gasteiger partial charge in [0.15, 0.2) is 17.6 Å². The molecule has 3 rings (SSSR count). The van der Waals surface area contributed by atoms with Crippen molar-refractivity contribution in [2.75, 3.05) is 0 Å². The highest BCUT2D eigenvalue weighted by Crippen LogP contribution is 2.24. The summed E-state index contributed by atoms with van der Waals surface area (Å²) >= 11 is 0. The second-order valence-electron chi connectivity index (χ2n) is 7.02. The van der Waals surface area contributed by atoms with Gasteiger partial charge in [-0.1, -0.05) is 0 Å². The number of rotatable bonds is 6. The van der Waals surface area contributed by atoms with Crippen LogP contribution >= 0.6 is 0 Å². The maximum Gasteiger partial charge on any atom is 0.349 e. The summed E-state index contributed by atoms with van der Waals surface area (Å²) in [4.78, 5) is 44.8. The molecule has 160 valence electrons. The van der Waals surface area contributed by atoms with Crippen LogP contribution in [0.4, 0.5) is 0 Å². The fourth-order valence-electron chi connectivity index (χ4n) is 3.09. The van der Waals surface area contributed by atoms with Gasteiger partial charge in [-0.15, -0.1) is 0 Å². The first-order valence-corrected chi connectivity index (χ1v) is 8.88. The Bertz CT molecular complexity index is 1200. The fourth-order valence-corrected chi connectivity index (χ4v) is 3.09. The van der Waals surface area contributed by atoms with E-state index in [1.807, 2.05) is 18.8 Å². The Morgan fingerprint density at radius 2 is 1.70 bits per heavy atom. The molecule has 30 heavy (non-hydrogen) atoms. The van der Waals surface area contributed by atoms with Gasteiger partial charge in [-0.25, -0.2) is 14.6 Å². The number of aliphatic hydroxyl groups is 4. The molecule has 12 nitrogen and oxygen atoms in total. The van der Waals surface area contributed by atoms with Crippen LogP contribution in [0.2, 0.25) is 0 Å². The Balaban J connectivity index is 2.17. The van der Waals surface area contributed by atoms with Gasteiger partial charge < -0.3 is 30.1 Å². The van der Waals surface area contributed by atoms with E-state index in [9.17, 15) is 34.8 Å². The molecule has 0 radical (unpaired) electrons. The Morgan fingerprint density at radius 3 is 2.33 bits per heavy atom. The molecule has 1 aromatic rings. The van der Waals surface area contributed by atoms with Crippen molar-refractivity contribution in [1.29, 1.82) is 0 Å². The van der Waals surface area contributed by atoms with Crippen LogP contribution in [0.3, 0.4) is 0 Å². The van der Waals surface area contributed by atoms with Gasteiger partial charge in [-0.3, -0.25) is 9.78 Å². The van der Waals surface area contributed by atoms with E-state index in [2.05, 4.69) is 9.97 Å². The Morgan fingerprint density at radius 1 is 1.07 bits per heavy atom. The highest BCUT2D eigenvalue weighted by atomic mass is 16.4. The molecular formula is C18H20N4O8. The predicted molar refractivity (Wildman–Crippen MR) is 102 cm³/mol. The average Bonchev–Trinajstić information content (AvgIpc) is 2.68. The molecule has 0 aliphatic carbocycles. The SMILES string of the molecule is Cc1cc2nc3c(=O)[nH]c(=O)nc-3n(C[C@H](O)[C@H](O)[C@H](O)[C@H](O)C(=O)O)c2cc1C. The van der Waals surface area contributed by atoms with Crippen LogP contribution in [0.25, 0.3) is 22.6 Å². The number of aryl methyl sites for hydroxylation is 2. The van der Waals surface area contributed by atoms with Crippen molar-refractivity contribution in [1.82, 2.24) is 19.5 Å². The third-order valence-corrected chi connectivity index (χ3v) is 4.91. The lowest BCUT2D eigenvalue weighted by Gasteiger charge is -2.27. The maximum absolute atomic E-state index is 12.2. The summed E-state index contributed by atoms with van der Waals surface area (Å²) < 4.78 is 1.27. The smallest absolute Gasteiger partial charge is 0.349 e. The molecule has 4 atom stereocenters. The number of carboxylic acids is 1. The van der Waals surface area contributed by atoms with Crippen LogP contribution in [0.5, 0.6) is 0 Å². The minimum Gasteiger partial charge on any atom is -0.479 e. The van der Waals surface area contributed by atoms with Crippen molar-refractivity contribution >= 4 is 17.0 Å². The lowest BCUT2D eigenvalue weighted by atomic mass is 10.0. The van der Waals surface area contributed by atoms with E-state index in [0.717, 1.165) is 11.1 Å². The summed E-state index contributed by atoms with van der Waals surface area (Å²) in [6, 6.07) is 3.38. The van der Waals surface area contributed by atoms with E-state index < -0.39 is 48.2 Å². The van der Waals surface area contributed by atoms with Gasteiger partial charge in [0.1, 0.15) is 18.3 Å². The summed E-state index contributed by atoms with van der Waals surface area (Å²) in [5, 5.41) is 48.5. The normalized spacial score (nSPS) is 15.8. The molecule has 2 aliphatic rings. The molecule has 0 saturated carbocycles. The molecule has 0 unspecified atom stereocenters. The number of nitrogens with zero attached hydrogens (tertiary/aromatic N) is 3. The van der Waals surface area contributed by atoms with Crippen LogP contribution < -0.4 is 11.2 Å². The van der Waals surface area contributed by atoms with E-state index in [1.54, 1.807) is 12.1 Å². The van der Waals surface area contributed by atoms with Gasteiger partial charge in [-0.2, -0.15) is 4.98 Å². The largest absolute Gasteiger partial charge is 0.479 e. The number of nitrogens with one attached hydrogen (secondary N) is 1. The molecule has 0 fully saturated rings. The predicted octanol–water partition coefficient (Wildman–Crippen LogP) is -2.27. The quantitative estimate of drug-likeness (QED) is 0.236. The van der Waals surface area contributed by atoms with Crippen LogP contribution in [0, 0.1) is 13.8 Å². The number of aromatic amines is 1. The number of aromatic nitrogens is 4. The number of hydrogen-bond donors (Lipinski definition) is 6. The Labute approximate surface area is 168 Å². The summed E-state index contributed by atoms with van der Waals surface area (Å²) in [6.07, 6.45) is -8.36. The number of carbonyl (C=O) groups is 1. The summed E-state index contributed by atoms with van der Waals surface area (Å²) in [7, 11) is 0. The third kappa shape index (κ3) is 3.80. The number of carboxylic acid groups (broad SMARTS) is 1. The molecule has 0 amide bonds. The van der Waals surface area contributed by atoms with E-state index in [0.29, 0.717) is 11.0 Å².